The Balaban J connectivity index is 2.19. The standard InChI is InChI=1S/C14H21N3O2/c1-9(14(2,3)4)13(19)17-6-5-10-11(7-17)15-8-16-12(10)18/h8-9H,5-7H2,1-4H3,(H,15,16,18). The molecule has 0 aromatic carbocycles. The van der Waals surface area contributed by atoms with E-state index in [2.05, 4.69) is 30.7 Å². The van der Waals surface area contributed by atoms with Crippen molar-refractivity contribution >= 4 is 5.91 Å². The van der Waals surface area contributed by atoms with Crippen LogP contribution >= 0.6 is 0 Å². The maximum Gasteiger partial charge on any atom is 0.254 e. The first-order valence-electron chi connectivity index (χ1n) is 6.65. The average Bonchev–Trinajstić information content (AvgIpc) is 2.36. The molecular weight excluding hydrogens is 242 g/mol. The number of H-pyrrole nitrogens is 1. The van der Waals surface area contributed by atoms with Crippen molar-refractivity contribution in [2.75, 3.05) is 6.54 Å². The lowest BCUT2D eigenvalue weighted by Gasteiger charge is -2.34. The fourth-order valence-electron chi connectivity index (χ4n) is 2.20. The van der Waals surface area contributed by atoms with E-state index in [0.29, 0.717) is 19.5 Å². The minimum Gasteiger partial charge on any atom is -0.336 e. The van der Waals surface area contributed by atoms with Gasteiger partial charge in [-0.2, -0.15) is 0 Å². The Morgan fingerprint density at radius 2 is 2.16 bits per heavy atom. The van der Waals surface area contributed by atoms with Crippen LogP contribution in [0.3, 0.4) is 0 Å². The highest BCUT2D eigenvalue weighted by Crippen LogP contribution is 2.28. The van der Waals surface area contributed by atoms with Gasteiger partial charge in [-0.05, 0) is 11.8 Å². The third kappa shape index (κ3) is 2.69. The van der Waals surface area contributed by atoms with Gasteiger partial charge in [0.1, 0.15) is 0 Å². The number of aromatic amines is 1. The third-order valence-corrected chi connectivity index (χ3v) is 3.99. The Kier molecular flexibility index (Phi) is 3.47. The topological polar surface area (TPSA) is 66.1 Å². The number of fused-ring (bicyclic) bond motifs is 1. The van der Waals surface area contributed by atoms with E-state index in [1.807, 2.05) is 11.8 Å². The van der Waals surface area contributed by atoms with Crippen LogP contribution in [0.15, 0.2) is 11.1 Å². The van der Waals surface area contributed by atoms with E-state index < -0.39 is 0 Å². The molecule has 2 heterocycles. The normalized spacial score (nSPS) is 16.9. The number of nitrogens with zero attached hydrogens (tertiary/aromatic N) is 2. The highest BCUT2D eigenvalue weighted by Gasteiger charge is 2.32. The van der Waals surface area contributed by atoms with Crippen LogP contribution in [0.2, 0.25) is 0 Å². The average molecular weight is 263 g/mol. The van der Waals surface area contributed by atoms with Crippen molar-refractivity contribution in [3.05, 3.63) is 27.9 Å². The van der Waals surface area contributed by atoms with Crippen molar-refractivity contribution < 1.29 is 4.79 Å². The van der Waals surface area contributed by atoms with Crippen molar-refractivity contribution in [3.8, 4) is 0 Å². The van der Waals surface area contributed by atoms with Gasteiger partial charge in [0.05, 0.1) is 18.6 Å². The summed E-state index contributed by atoms with van der Waals surface area (Å²) in [6.45, 7) is 9.20. The monoisotopic (exact) mass is 263 g/mol. The van der Waals surface area contributed by atoms with Crippen LogP contribution < -0.4 is 5.56 Å². The van der Waals surface area contributed by atoms with E-state index in [9.17, 15) is 9.59 Å². The van der Waals surface area contributed by atoms with Gasteiger partial charge in [0.15, 0.2) is 0 Å². The summed E-state index contributed by atoms with van der Waals surface area (Å²) in [6.07, 6.45) is 1.99. The highest BCUT2D eigenvalue weighted by atomic mass is 16.2. The summed E-state index contributed by atoms with van der Waals surface area (Å²) >= 11 is 0. The molecule has 0 aliphatic carbocycles. The Hall–Kier alpha value is -1.65. The van der Waals surface area contributed by atoms with E-state index in [0.717, 1.165) is 11.3 Å². The largest absolute Gasteiger partial charge is 0.336 e. The molecule has 2 rings (SSSR count). The fraction of sp³-hybridized carbons (Fsp3) is 0.643. The van der Waals surface area contributed by atoms with Crippen molar-refractivity contribution in [2.45, 2.75) is 40.7 Å². The van der Waals surface area contributed by atoms with Gasteiger partial charge in [0.25, 0.3) is 5.56 Å². The third-order valence-electron chi connectivity index (χ3n) is 3.99. The molecule has 0 spiro atoms. The quantitative estimate of drug-likeness (QED) is 0.831. The van der Waals surface area contributed by atoms with Crippen molar-refractivity contribution in [1.29, 1.82) is 0 Å². The van der Waals surface area contributed by atoms with Crippen LogP contribution in [0.4, 0.5) is 0 Å². The Morgan fingerprint density at radius 3 is 2.79 bits per heavy atom. The molecule has 1 aromatic rings. The van der Waals surface area contributed by atoms with Gasteiger partial charge in [-0.3, -0.25) is 9.59 Å². The second-order valence-corrected chi connectivity index (χ2v) is 6.25. The van der Waals surface area contributed by atoms with Gasteiger partial charge < -0.3 is 9.88 Å². The molecule has 1 aliphatic rings. The van der Waals surface area contributed by atoms with Gasteiger partial charge in [0.2, 0.25) is 5.91 Å². The summed E-state index contributed by atoms with van der Waals surface area (Å²) in [5.41, 5.74) is 1.30. The SMILES string of the molecule is CC(C(=O)N1CCc2c(nc[nH]c2=O)C1)C(C)(C)C. The molecule has 0 saturated heterocycles. The van der Waals surface area contributed by atoms with Gasteiger partial charge in [0, 0.05) is 18.0 Å². The molecule has 1 aromatic heterocycles. The summed E-state index contributed by atoms with van der Waals surface area (Å²) in [7, 11) is 0. The molecule has 1 aliphatic heterocycles. The van der Waals surface area contributed by atoms with Crippen LogP contribution in [-0.2, 0) is 17.8 Å². The number of hydrogen-bond donors (Lipinski definition) is 1. The van der Waals surface area contributed by atoms with Gasteiger partial charge >= 0.3 is 0 Å². The van der Waals surface area contributed by atoms with E-state index in [4.69, 9.17) is 0 Å². The maximum atomic E-state index is 12.5. The predicted octanol–water partition coefficient (Wildman–Crippen LogP) is 1.34. The number of carbonyl (C=O) groups excluding carboxylic acids is 1. The molecule has 0 bridgehead atoms. The van der Waals surface area contributed by atoms with Gasteiger partial charge in [-0.25, -0.2) is 4.98 Å². The summed E-state index contributed by atoms with van der Waals surface area (Å²) in [5, 5.41) is 0. The minimum atomic E-state index is -0.0824. The molecule has 1 unspecified atom stereocenters. The summed E-state index contributed by atoms with van der Waals surface area (Å²) < 4.78 is 0. The lowest BCUT2D eigenvalue weighted by molar-refractivity contribution is -0.139. The molecule has 19 heavy (non-hydrogen) atoms. The van der Waals surface area contributed by atoms with Crippen LogP contribution in [0.25, 0.3) is 0 Å². The molecular formula is C14H21N3O2. The van der Waals surface area contributed by atoms with Crippen LogP contribution in [0.5, 0.6) is 0 Å². The van der Waals surface area contributed by atoms with Gasteiger partial charge in [-0.15, -0.1) is 0 Å². The zero-order chi connectivity index (χ0) is 14.2. The molecule has 0 radical (unpaired) electrons. The van der Waals surface area contributed by atoms with Crippen molar-refractivity contribution in [1.82, 2.24) is 14.9 Å². The number of carbonyl (C=O) groups is 1. The molecule has 1 amide bonds. The second-order valence-electron chi connectivity index (χ2n) is 6.25. The van der Waals surface area contributed by atoms with E-state index in [1.165, 1.54) is 6.33 Å². The molecule has 1 N–H and O–H groups in total. The second kappa shape index (κ2) is 4.79. The van der Waals surface area contributed by atoms with E-state index >= 15 is 0 Å². The molecule has 5 nitrogen and oxygen atoms in total. The molecule has 0 fully saturated rings. The van der Waals surface area contributed by atoms with Crippen LogP contribution in [0.1, 0.15) is 39.0 Å². The summed E-state index contributed by atoms with van der Waals surface area (Å²) in [4.78, 5) is 32.7. The zero-order valence-electron chi connectivity index (χ0n) is 12.0. The summed E-state index contributed by atoms with van der Waals surface area (Å²) in [5.74, 6) is 0.0938. The highest BCUT2D eigenvalue weighted by molar-refractivity contribution is 5.79. The summed E-state index contributed by atoms with van der Waals surface area (Å²) in [6, 6.07) is 0. The molecule has 1 atom stereocenters. The van der Waals surface area contributed by atoms with E-state index in [-0.39, 0.29) is 22.8 Å². The zero-order valence-corrected chi connectivity index (χ0v) is 12.0. The molecule has 0 saturated carbocycles. The maximum absolute atomic E-state index is 12.5. The molecule has 5 heteroatoms. The Bertz CT molecular complexity index is 542. The first-order chi connectivity index (χ1) is 8.80. The number of amides is 1. The first-order valence-corrected chi connectivity index (χ1v) is 6.65. The van der Waals surface area contributed by atoms with Crippen molar-refractivity contribution in [2.24, 2.45) is 11.3 Å². The minimum absolute atomic E-state index is 0.0453. The number of aromatic nitrogens is 2. The van der Waals surface area contributed by atoms with Crippen LogP contribution in [0, 0.1) is 11.3 Å². The Morgan fingerprint density at radius 1 is 1.47 bits per heavy atom. The van der Waals surface area contributed by atoms with E-state index in [1.54, 1.807) is 0 Å². The van der Waals surface area contributed by atoms with Gasteiger partial charge in [-0.1, -0.05) is 27.7 Å². The number of rotatable bonds is 1. The Labute approximate surface area is 113 Å². The number of hydrogen-bond acceptors (Lipinski definition) is 3. The smallest absolute Gasteiger partial charge is 0.254 e. The lowest BCUT2D eigenvalue weighted by atomic mass is 9.81. The van der Waals surface area contributed by atoms with Crippen molar-refractivity contribution in [3.63, 3.8) is 0 Å². The first kappa shape index (κ1) is 13.8. The van der Waals surface area contributed by atoms with Crippen LogP contribution in [-0.4, -0.2) is 27.3 Å². The number of nitrogens with one attached hydrogen (secondary N) is 1. The lowest BCUT2D eigenvalue weighted by Crippen LogP contribution is -2.44. The predicted molar refractivity (Wildman–Crippen MR) is 72.6 cm³/mol. The molecule has 104 valence electrons. The fourth-order valence-corrected chi connectivity index (χ4v) is 2.20.